The predicted octanol–water partition coefficient (Wildman–Crippen LogP) is 5.47. The summed E-state index contributed by atoms with van der Waals surface area (Å²) in [5.74, 6) is 0. The number of hydrogen-bond acceptors (Lipinski definition) is 5. The summed E-state index contributed by atoms with van der Waals surface area (Å²) in [7, 11) is 0. The summed E-state index contributed by atoms with van der Waals surface area (Å²) >= 11 is 0. The van der Waals surface area contributed by atoms with Crippen LogP contribution in [-0.2, 0) is 15.1 Å². The van der Waals surface area contributed by atoms with Gasteiger partial charge in [-0.2, -0.15) is 5.10 Å². The molecule has 3 heterocycles. The molecule has 2 fully saturated rings. The third-order valence-corrected chi connectivity index (χ3v) is 7.37. The Labute approximate surface area is 212 Å². The van der Waals surface area contributed by atoms with E-state index in [1.807, 2.05) is 48.1 Å². The van der Waals surface area contributed by atoms with Gasteiger partial charge < -0.3 is 19.5 Å². The second-order valence-electron chi connectivity index (χ2n) is 10.7. The molecular weight excluding hydrogens is 454 g/mol. The average molecular weight is 490 g/mol. The molecule has 0 aliphatic carbocycles. The molecule has 0 bridgehead atoms. The zero-order valence-corrected chi connectivity index (χ0v) is 21.3. The van der Waals surface area contributed by atoms with Gasteiger partial charge in [-0.05, 0) is 43.9 Å². The molecule has 5 rings (SSSR count). The Hall–Kier alpha value is -3.16. The van der Waals surface area contributed by atoms with Crippen LogP contribution < -0.4 is 0 Å². The molecule has 190 valence electrons. The van der Waals surface area contributed by atoms with E-state index < -0.39 is 11.2 Å². The van der Waals surface area contributed by atoms with E-state index >= 15 is 0 Å². The van der Waals surface area contributed by atoms with Crippen molar-refractivity contribution >= 4 is 6.09 Å². The fourth-order valence-corrected chi connectivity index (χ4v) is 5.44. The van der Waals surface area contributed by atoms with Gasteiger partial charge in [0.05, 0.1) is 30.5 Å². The van der Waals surface area contributed by atoms with Crippen molar-refractivity contribution in [1.29, 1.82) is 0 Å². The molecule has 0 radical (unpaired) electrons. The van der Waals surface area contributed by atoms with Crippen molar-refractivity contribution in [2.45, 2.75) is 63.3 Å². The number of cyclic esters (lactones) is 1. The highest BCUT2D eigenvalue weighted by atomic mass is 16.6. The van der Waals surface area contributed by atoms with Gasteiger partial charge in [0.2, 0.25) is 0 Å². The van der Waals surface area contributed by atoms with Gasteiger partial charge in [0.25, 0.3) is 0 Å². The number of benzene rings is 2. The summed E-state index contributed by atoms with van der Waals surface area (Å²) in [6.45, 7) is 7.59. The third-order valence-electron chi connectivity index (χ3n) is 7.37. The normalized spacial score (nSPS) is 23.5. The first kappa shape index (κ1) is 24.5. The lowest BCUT2D eigenvalue weighted by Gasteiger charge is -2.45. The van der Waals surface area contributed by atoms with Crippen LogP contribution >= 0.6 is 0 Å². The number of aromatic nitrogens is 2. The van der Waals surface area contributed by atoms with Crippen LogP contribution in [0.25, 0.3) is 11.1 Å². The fourth-order valence-electron chi connectivity index (χ4n) is 5.44. The lowest BCUT2D eigenvalue weighted by Crippen LogP contribution is -2.51. The van der Waals surface area contributed by atoms with Crippen LogP contribution in [0.2, 0.25) is 0 Å². The number of rotatable bonds is 7. The molecule has 2 aliphatic heterocycles. The maximum Gasteiger partial charge on any atom is 0.411 e. The number of ether oxygens (including phenoxy) is 2. The first-order valence-electron chi connectivity index (χ1n) is 12.7. The summed E-state index contributed by atoms with van der Waals surface area (Å²) in [4.78, 5) is 15.1. The van der Waals surface area contributed by atoms with Crippen molar-refractivity contribution < 1.29 is 19.4 Å². The Bertz CT molecular complexity index is 1180. The van der Waals surface area contributed by atoms with Gasteiger partial charge in [-0.15, -0.1) is 0 Å². The fraction of sp³-hybridized carbons (Fsp3) is 0.448. The largest absolute Gasteiger partial charge is 0.438 e. The second-order valence-corrected chi connectivity index (χ2v) is 10.7. The summed E-state index contributed by atoms with van der Waals surface area (Å²) in [6, 6.07) is 18.2. The molecule has 36 heavy (non-hydrogen) atoms. The van der Waals surface area contributed by atoms with Crippen molar-refractivity contribution in [2.24, 2.45) is 0 Å². The summed E-state index contributed by atoms with van der Waals surface area (Å²) in [5, 5.41) is 15.1. The summed E-state index contributed by atoms with van der Waals surface area (Å²) < 4.78 is 13.6. The molecule has 1 amide bonds. The van der Waals surface area contributed by atoms with Gasteiger partial charge >= 0.3 is 6.09 Å². The molecule has 7 heteroatoms. The molecule has 0 saturated carbocycles. The maximum atomic E-state index is 13.3. The van der Waals surface area contributed by atoms with E-state index in [1.54, 1.807) is 18.7 Å². The Balaban J connectivity index is 1.30. The maximum absolute atomic E-state index is 13.3. The minimum atomic E-state index is -0.974. The molecular formula is C29H35N3O4. The highest BCUT2D eigenvalue weighted by Crippen LogP contribution is 2.42. The smallest absolute Gasteiger partial charge is 0.411 e. The van der Waals surface area contributed by atoms with Crippen LogP contribution in [0.15, 0.2) is 67.0 Å². The number of carbonyl (C=O) groups is 1. The van der Waals surface area contributed by atoms with Crippen molar-refractivity contribution in [3.05, 3.63) is 78.1 Å². The Morgan fingerprint density at radius 3 is 2.53 bits per heavy atom. The summed E-state index contributed by atoms with van der Waals surface area (Å²) in [6.07, 6.45) is 5.55. The highest BCUT2D eigenvalue weighted by molar-refractivity contribution is 5.70. The van der Waals surface area contributed by atoms with Gasteiger partial charge in [0.1, 0.15) is 5.60 Å². The van der Waals surface area contributed by atoms with Crippen LogP contribution in [0.5, 0.6) is 0 Å². The van der Waals surface area contributed by atoms with Crippen molar-refractivity contribution in [3.63, 3.8) is 0 Å². The molecule has 2 aliphatic rings. The van der Waals surface area contributed by atoms with Crippen LogP contribution in [-0.4, -0.2) is 51.2 Å². The van der Waals surface area contributed by atoms with E-state index in [9.17, 15) is 9.90 Å². The first-order valence-corrected chi connectivity index (χ1v) is 12.7. The van der Waals surface area contributed by atoms with E-state index in [2.05, 4.69) is 35.6 Å². The van der Waals surface area contributed by atoms with Crippen LogP contribution in [0.1, 0.15) is 63.2 Å². The molecule has 0 unspecified atom stereocenters. The standard InChI is InChI=1S/C29H35N3O4/c1-21(22-9-11-23(12-10-22)24-17-30-32(18-24)26-13-16-35-19-26)31-15-14-29(36-27(31)33,20-28(2,3)34)25-7-5-4-6-8-25/h4-12,17-18,21,26,34H,13-16,19-20H2,1-3H3/t21-,26+,29-/m0/s1. The molecule has 3 aromatic rings. The van der Waals surface area contributed by atoms with Crippen molar-refractivity contribution in [1.82, 2.24) is 14.7 Å². The molecule has 0 spiro atoms. The van der Waals surface area contributed by atoms with E-state index in [0.29, 0.717) is 32.0 Å². The monoisotopic (exact) mass is 489 g/mol. The Morgan fingerprint density at radius 1 is 1.14 bits per heavy atom. The lowest BCUT2D eigenvalue weighted by atomic mass is 9.80. The van der Waals surface area contributed by atoms with Gasteiger partial charge in [-0.3, -0.25) is 4.68 Å². The van der Waals surface area contributed by atoms with E-state index in [4.69, 9.17) is 9.47 Å². The zero-order valence-electron chi connectivity index (χ0n) is 21.3. The van der Waals surface area contributed by atoms with Gasteiger partial charge in [-0.25, -0.2) is 4.79 Å². The number of hydrogen-bond donors (Lipinski definition) is 1. The predicted molar refractivity (Wildman–Crippen MR) is 137 cm³/mol. The molecule has 1 N–H and O–H groups in total. The third kappa shape index (κ3) is 5.04. The van der Waals surface area contributed by atoms with Crippen molar-refractivity contribution in [2.75, 3.05) is 19.8 Å². The second kappa shape index (κ2) is 9.71. The topological polar surface area (TPSA) is 76.8 Å². The Morgan fingerprint density at radius 2 is 1.89 bits per heavy atom. The van der Waals surface area contributed by atoms with Crippen LogP contribution in [0.4, 0.5) is 4.79 Å². The zero-order chi connectivity index (χ0) is 25.3. The highest BCUT2D eigenvalue weighted by Gasteiger charge is 2.46. The number of amides is 1. The average Bonchev–Trinajstić information content (AvgIpc) is 3.56. The van der Waals surface area contributed by atoms with E-state index in [-0.39, 0.29) is 12.1 Å². The molecule has 3 atom stereocenters. The SMILES string of the molecule is C[C@@H](c1ccc(-c2cnn([C@@H]3CCOC3)c2)cc1)N1CC[C@](CC(C)(C)O)(c2ccccc2)OC1=O. The number of carbonyl (C=O) groups excluding carboxylic acids is 1. The van der Waals surface area contributed by atoms with E-state index in [0.717, 1.165) is 35.3 Å². The molecule has 7 nitrogen and oxygen atoms in total. The van der Waals surface area contributed by atoms with Crippen LogP contribution in [0.3, 0.4) is 0 Å². The van der Waals surface area contributed by atoms with Gasteiger partial charge in [0, 0.05) is 37.8 Å². The molecule has 2 saturated heterocycles. The van der Waals surface area contributed by atoms with Gasteiger partial charge in [0.15, 0.2) is 0 Å². The lowest BCUT2D eigenvalue weighted by molar-refractivity contribution is -0.101. The minimum Gasteiger partial charge on any atom is -0.438 e. The quantitative estimate of drug-likeness (QED) is 0.476. The van der Waals surface area contributed by atoms with Crippen LogP contribution in [0, 0.1) is 0 Å². The summed E-state index contributed by atoms with van der Waals surface area (Å²) in [5.41, 5.74) is 2.30. The number of nitrogens with zero attached hydrogens (tertiary/aromatic N) is 3. The van der Waals surface area contributed by atoms with Crippen molar-refractivity contribution in [3.8, 4) is 11.1 Å². The first-order chi connectivity index (χ1) is 17.2. The minimum absolute atomic E-state index is 0.138. The van der Waals surface area contributed by atoms with Gasteiger partial charge in [-0.1, -0.05) is 54.6 Å². The molecule has 1 aromatic heterocycles. The molecule has 2 aromatic carbocycles. The van der Waals surface area contributed by atoms with E-state index in [1.165, 1.54) is 0 Å². The Kier molecular flexibility index (Phi) is 6.62. The number of aliphatic hydroxyl groups is 1.